The van der Waals surface area contributed by atoms with E-state index in [1.165, 1.54) is 19.3 Å². The second-order valence-electron chi connectivity index (χ2n) is 4.18. The normalized spacial score (nSPS) is 14.9. The van der Waals surface area contributed by atoms with Crippen LogP contribution in [0.4, 0.5) is 5.82 Å². The maximum absolute atomic E-state index is 5.82. The molecule has 16 heavy (non-hydrogen) atoms. The lowest BCUT2D eigenvalue weighted by Crippen LogP contribution is -2.34. The molecular weight excluding hydrogens is 202 g/mol. The van der Waals surface area contributed by atoms with Crippen LogP contribution < -0.4 is 10.6 Å². The molecule has 1 aliphatic rings. The van der Waals surface area contributed by atoms with Crippen molar-refractivity contribution in [2.24, 2.45) is 17.8 Å². The fourth-order valence-corrected chi connectivity index (χ4v) is 2.01. The van der Waals surface area contributed by atoms with E-state index in [1.54, 1.807) is 6.33 Å². The first-order chi connectivity index (χ1) is 7.74. The van der Waals surface area contributed by atoms with Crippen LogP contribution in [0.15, 0.2) is 11.3 Å². The van der Waals surface area contributed by atoms with Crippen molar-refractivity contribution < 1.29 is 0 Å². The zero-order valence-corrected chi connectivity index (χ0v) is 9.98. The van der Waals surface area contributed by atoms with Crippen LogP contribution in [0.25, 0.3) is 0 Å². The van der Waals surface area contributed by atoms with Crippen LogP contribution in [0, 0.1) is 0 Å². The van der Waals surface area contributed by atoms with E-state index in [2.05, 4.69) is 21.8 Å². The maximum Gasteiger partial charge on any atom is 0.150 e. The summed E-state index contributed by atoms with van der Waals surface area (Å²) >= 11 is 0. The Morgan fingerprint density at radius 3 is 3.00 bits per heavy atom. The number of nitrogens with zero attached hydrogens (tertiary/aromatic N) is 4. The zero-order valence-electron chi connectivity index (χ0n) is 9.98. The molecule has 1 aromatic heterocycles. The van der Waals surface area contributed by atoms with Gasteiger partial charge >= 0.3 is 0 Å². The summed E-state index contributed by atoms with van der Waals surface area (Å²) in [5.41, 5.74) is 6.65. The fraction of sp³-hybridized carbons (Fsp3) is 0.636. The van der Waals surface area contributed by atoms with Gasteiger partial charge in [0.2, 0.25) is 0 Å². The van der Waals surface area contributed by atoms with Gasteiger partial charge in [-0.25, -0.2) is 9.98 Å². The molecule has 2 rings (SSSR count). The molecule has 0 saturated carbocycles. The number of nitrogens with two attached hydrogens (primary N) is 1. The minimum absolute atomic E-state index is 0.558. The summed E-state index contributed by atoms with van der Waals surface area (Å²) in [6.07, 6.45) is 5.47. The average molecular weight is 221 g/mol. The largest absolute Gasteiger partial charge is 0.382 e. The Labute approximate surface area is 96.0 Å². The average Bonchev–Trinajstić information content (AvgIpc) is 2.66. The number of fused-ring (bicyclic) bond motifs is 1. The Balaban J connectivity index is 2.15. The number of hydrogen-bond acceptors (Lipinski definition) is 4. The van der Waals surface area contributed by atoms with Gasteiger partial charge in [-0.1, -0.05) is 19.8 Å². The lowest BCUT2D eigenvalue weighted by Gasteiger charge is -2.27. The summed E-state index contributed by atoms with van der Waals surface area (Å²) in [5.74, 6) is 1.66. The Kier molecular flexibility index (Phi) is 3.12. The van der Waals surface area contributed by atoms with Gasteiger partial charge in [-0.05, 0) is 6.42 Å². The summed E-state index contributed by atoms with van der Waals surface area (Å²) in [6.45, 7) is 3.89. The molecule has 0 saturated heterocycles. The van der Waals surface area contributed by atoms with E-state index in [9.17, 15) is 0 Å². The Hall–Kier alpha value is -1.52. The van der Waals surface area contributed by atoms with Crippen molar-refractivity contribution in [1.82, 2.24) is 9.55 Å². The molecule has 0 spiro atoms. The summed E-state index contributed by atoms with van der Waals surface area (Å²) < 4.78 is 2.02. The van der Waals surface area contributed by atoms with E-state index in [0.29, 0.717) is 12.5 Å². The van der Waals surface area contributed by atoms with E-state index in [0.717, 1.165) is 18.1 Å². The summed E-state index contributed by atoms with van der Waals surface area (Å²) in [4.78, 5) is 10.8. The highest BCUT2D eigenvalue weighted by Gasteiger charge is 2.22. The summed E-state index contributed by atoms with van der Waals surface area (Å²) in [6, 6.07) is 0. The second-order valence-corrected chi connectivity index (χ2v) is 4.18. The molecule has 2 N–H and O–H groups in total. The molecule has 5 heteroatoms. The number of aromatic nitrogens is 2. The third kappa shape index (κ3) is 1.89. The van der Waals surface area contributed by atoms with Crippen LogP contribution in [0.5, 0.6) is 0 Å². The van der Waals surface area contributed by atoms with Crippen LogP contribution >= 0.6 is 0 Å². The van der Waals surface area contributed by atoms with Gasteiger partial charge in [0.1, 0.15) is 24.0 Å². The molecular formula is C11H19N5. The number of rotatable bonds is 4. The first-order valence-electron chi connectivity index (χ1n) is 5.80. The van der Waals surface area contributed by atoms with E-state index >= 15 is 0 Å². The topological polar surface area (TPSA) is 59.4 Å². The van der Waals surface area contributed by atoms with Gasteiger partial charge in [0.25, 0.3) is 0 Å². The van der Waals surface area contributed by atoms with Crippen LogP contribution in [-0.4, -0.2) is 28.6 Å². The molecule has 1 aromatic rings. The highest BCUT2D eigenvalue weighted by Crippen LogP contribution is 2.22. The van der Waals surface area contributed by atoms with Crippen molar-refractivity contribution in [2.45, 2.75) is 26.2 Å². The zero-order chi connectivity index (χ0) is 11.5. The van der Waals surface area contributed by atoms with Gasteiger partial charge in [0, 0.05) is 13.6 Å². The van der Waals surface area contributed by atoms with Crippen molar-refractivity contribution in [2.75, 3.05) is 18.1 Å². The van der Waals surface area contributed by atoms with Crippen molar-refractivity contribution >= 4 is 11.7 Å². The lowest BCUT2D eigenvalue weighted by molar-refractivity contribution is 0.662. The predicted octanol–water partition coefficient (Wildman–Crippen LogP) is 1.09. The number of aryl methyl sites for hydroxylation is 1. The molecule has 0 bridgehead atoms. The van der Waals surface area contributed by atoms with Gasteiger partial charge in [-0.15, -0.1) is 0 Å². The van der Waals surface area contributed by atoms with Crippen LogP contribution in [0.3, 0.4) is 0 Å². The van der Waals surface area contributed by atoms with Crippen molar-refractivity contribution in [3.8, 4) is 0 Å². The van der Waals surface area contributed by atoms with Crippen molar-refractivity contribution in [3.05, 3.63) is 12.0 Å². The first-order valence-corrected chi connectivity index (χ1v) is 5.80. The Morgan fingerprint density at radius 2 is 2.25 bits per heavy atom. The molecule has 0 amide bonds. The third-order valence-electron chi connectivity index (χ3n) is 2.89. The molecule has 0 aliphatic carbocycles. The number of amidine groups is 1. The number of anilines is 1. The van der Waals surface area contributed by atoms with Crippen LogP contribution in [0.1, 0.15) is 31.9 Å². The highest BCUT2D eigenvalue weighted by atomic mass is 15.3. The second kappa shape index (κ2) is 4.55. The predicted molar refractivity (Wildman–Crippen MR) is 65.7 cm³/mol. The molecule has 2 heterocycles. The number of imidazole rings is 1. The standard InChI is InChI=1S/C11H19N5/c1-3-4-5-6-16-8-14-10(12)9-11(16)15(2)7-13-9/h7H,3-6,8H2,1-2H3,(H2,12,14). The SMILES string of the molecule is CCCCCN1CN=C(N)c2ncn(C)c21. The molecule has 0 fully saturated rings. The van der Waals surface area contributed by atoms with E-state index in [-0.39, 0.29) is 0 Å². The minimum atomic E-state index is 0.558. The number of unbranched alkanes of at least 4 members (excludes halogenated alkanes) is 2. The summed E-state index contributed by atoms with van der Waals surface area (Å²) in [7, 11) is 2.00. The molecule has 88 valence electrons. The molecule has 1 aliphatic heterocycles. The van der Waals surface area contributed by atoms with Gasteiger partial charge in [0.15, 0.2) is 0 Å². The monoisotopic (exact) mass is 221 g/mol. The first kappa shape index (κ1) is 11.0. The number of hydrogen-bond donors (Lipinski definition) is 1. The molecule has 0 aromatic carbocycles. The smallest absolute Gasteiger partial charge is 0.150 e. The van der Waals surface area contributed by atoms with E-state index in [4.69, 9.17) is 5.73 Å². The van der Waals surface area contributed by atoms with Crippen LogP contribution in [-0.2, 0) is 7.05 Å². The maximum atomic E-state index is 5.82. The van der Waals surface area contributed by atoms with Gasteiger partial charge in [0.05, 0.1) is 6.33 Å². The third-order valence-corrected chi connectivity index (χ3v) is 2.89. The quantitative estimate of drug-likeness (QED) is 0.774. The highest BCUT2D eigenvalue weighted by molar-refractivity contribution is 6.01. The Bertz CT molecular complexity index is 393. The summed E-state index contributed by atoms with van der Waals surface area (Å²) in [5, 5.41) is 0. The molecule has 0 radical (unpaired) electrons. The molecule has 0 unspecified atom stereocenters. The molecule has 0 atom stereocenters. The van der Waals surface area contributed by atoms with Gasteiger partial charge < -0.3 is 15.2 Å². The fourth-order valence-electron chi connectivity index (χ4n) is 2.01. The van der Waals surface area contributed by atoms with E-state index < -0.39 is 0 Å². The lowest BCUT2D eigenvalue weighted by atomic mass is 10.2. The van der Waals surface area contributed by atoms with E-state index in [1.807, 2.05) is 11.6 Å². The van der Waals surface area contributed by atoms with Crippen molar-refractivity contribution in [3.63, 3.8) is 0 Å². The van der Waals surface area contributed by atoms with Gasteiger partial charge in [-0.3, -0.25) is 0 Å². The Morgan fingerprint density at radius 1 is 1.44 bits per heavy atom. The van der Waals surface area contributed by atoms with Crippen LogP contribution in [0.2, 0.25) is 0 Å². The van der Waals surface area contributed by atoms with Crippen molar-refractivity contribution in [1.29, 1.82) is 0 Å². The number of aliphatic imine (C=N–C) groups is 1. The molecule has 5 nitrogen and oxygen atoms in total. The minimum Gasteiger partial charge on any atom is -0.382 e. The van der Waals surface area contributed by atoms with Gasteiger partial charge in [-0.2, -0.15) is 0 Å².